The molecule has 0 amide bonds. The molecule has 3 rings (SSSR count). The zero-order valence-corrected chi connectivity index (χ0v) is 15.5. The lowest BCUT2D eigenvalue weighted by Crippen LogP contribution is -2.33. The second-order valence-corrected chi connectivity index (χ2v) is 7.67. The van der Waals surface area contributed by atoms with Crippen LogP contribution in [0.2, 0.25) is 0 Å². The standard InChI is InChI=1S/C21H20F2NO2P/c22-18-11-15(12-19(23)14-18)13-20(27(25)26)24-21(16-7-3-1-4-8-16)17-9-5-2-6-10-17/h1-12,14,20-21,24,27H,13H2,(H,25,26). The van der Waals surface area contributed by atoms with E-state index in [1.54, 1.807) is 0 Å². The Labute approximate surface area is 157 Å². The highest BCUT2D eigenvalue weighted by Gasteiger charge is 2.22. The summed E-state index contributed by atoms with van der Waals surface area (Å²) >= 11 is 0. The van der Waals surface area contributed by atoms with Gasteiger partial charge in [-0.25, -0.2) is 8.78 Å². The first-order chi connectivity index (χ1) is 13.0. The molecule has 0 saturated carbocycles. The van der Waals surface area contributed by atoms with E-state index in [0.29, 0.717) is 5.56 Å². The van der Waals surface area contributed by atoms with E-state index >= 15 is 0 Å². The zero-order chi connectivity index (χ0) is 19.2. The van der Waals surface area contributed by atoms with Crippen LogP contribution < -0.4 is 5.32 Å². The highest BCUT2D eigenvalue weighted by molar-refractivity contribution is 7.38. The fraction of sp³-hybridized carbons (Fsp3) is 0.143. The molecule has 3 aromatic rings. The molecule has 2 N–H and O–H groups in total. The maximum Gasteiger partial charge on any atom is 0.205 e. The van der Waals surface area contributed by atoms with Crippen LogP contribution in [0.3, 0.4) is 0 Å². The van der Waals surface area contributed by atoms with Gasteiger partial charge in [-0.2, -0.15) is 0 Å². The van der Waals surface area contributed by atoms with Gasteiger partial charge in [-0.15, -0.1) is 0 Å². The number of hydrogen-bond donors (Lipinski definition) is 2. The third-order valence-electron chi connectivity index (χ3n) is 4.29. The summed E-state index contributed by atoms with van der Waals surface area (Å²) in [6, 6.07) is 21.9. The lowest BCUT2D eigenvalue weighted by atomic mass is 9.98. The van der Waals surface area contributed by atoms with Crippen molar-refractivity contribution in [3.63, 3.8) is 0 Å². The van der Waals surface area contributed by atoms with Crippen molar-refractivity contribution < 1.29 is 18.2 Å². The van der Waals surface area contributed by atoms with Crippen molar-refractivity contribution in [1.82, 2.24) is 5.32 Å². The predicted molar refractivity (Wildman–Crippen MR) is 103 cm³/mol. The van der Waals surface area contributed by atoms with Crippen LogP contribution in [0.15, 0.2) is 78.9 Å². The normalized spacial score (nSPS) is 13.5. The zero-order valence-electron chi connectivity index (χ0n) is 14.5. The number of hydrogen-bond acceptors (Lipinski definition) is 2. The Bertz CT molecular complexity index is 847. The van der Waals surface area contributed by atoms with E-state index in [1.807, 2.05) is 60.7 Å². The molecule has 27 heavy (non-hydrogen) atoms. The van der Waals surface area contributed by atoms with Gasteiger partial charge in [0.1, 0.15) is 11.6 Å². The van der Waals surface area contributed by atoms with Gasteiger partial charge < -0.3 is 4.89 Å². The maximum atomic E-state index is 13.5. The van der Waals surface area contributed by atoms with Gasteiger partial charge in [0.15, 0.2) is 0 Å². The third kappa shape index (κ3) is 5.33. The second-order valence-electron chi connectivity index (χ2n) is 6.29. The SMILES string of the molecule is O=[PH](O)C(Cc1cc(F)cc(F)c1)NC(c1ccccc1)c1ccccc1. The monoisotopic (exact) mass is 387 g/mol. The summed E-state index contributed by atoms with van der Waals surface area (Å²) in [5.41, 5.74) is 2.20. The Kier molecular flexibility index (Phi) is 6.51. The van der Waals surface area contributed by atoms with Gasteiger partial charge in [0.2, 0.25) is 8.03 Å². The number of benzene rings is 3. The van der Waals surface area contributed by atoms with E-state index in [1.165, 1.54) is 12.1 Å². The molecule has 0 aliphatic heterocycles. The van der Waals surface area contributed by atoms with Gasteiger partial charge in [-0.05, 0) is 35.2 Å². The number of nitrogens with one attached hydrogen (secondary N) is 1. The average Bonchev–Trinajstić information content (AvgIpc) is 2.65. The summed E-state index contributed by atoms with van der Waals surface area (Å²) in [6.07, 6.45) is 0.0408. The Morgan fingerprint density at radius 1 is 0.852 bits per heavy atom. The van der Waals surface area contributed by atoms with Crippen molar-refractivity contribution >= 4 is 8.03 Å². The first kappa shape index (κ1) is 19.4. The Morgan fingerprint density at radius 3 is 1.78 bits per heavy atom. The molecule has 6 heteroatoms. The smallest absolute Gasteiger partial charge is 0.205 e. The molecular formula is C21H20F2NO2P. The molecule has 0 aliphatic carbocycles. The van der Waals surface area contributed by atoms with Crippen molar-refractivity contribution in [3.8, 4) is 0 Å². The van der Waals surface area contributed by atoms with Gasteiger partial charge in [-0.1, -0.05) is 60.7 Å². The van der Waals surface area contributed by atoms with Crippen LogP contribution in [0.25, 0.3) is 0 Å². The predicted octanol–water partition coefficient (Wildman–Crippen LogP) is 4.68. The summed E-state index contributed by atoms with van der Waals surface area (Å²) in [6.45, 7) is 0. The van der Waals surface area contributed by atoms with Crippen LogP contribution in [-0.4, -0.2) is 10.7 Å². The third-order valence-corrected chi connectivity index (χ3v) is 5.26. The van der Waals surface area contributed by atoms with Crippen LogP contribution in [-0.2, 0) is 11.0 Å². The Morgan fingerprint density at radius 2 is 1.33 bits per heavy atom. The van der Waals surface area contributed by atoms with Crippen LogP contribution in [0.1, 0.15) is 22.7 Å². The molecule has 140 valence electrons. The summed E-state index contributed by atoms with van der Waals surface area (Å²) in [5.74, 6) is -2.24. The van der Waals surface area contributed by atoms with E-state index in [4.69, 9.17) is 0 Å². The van der Waals surface area contributed by atoms with Crippen LogP contribution in [0.5, 0.6) is 0 Å². The highest BCUT2D eigenvalue weighted by atomic mass is 31.1. The Balaban J connectivity index is 1.90. The van der Waals surface area contributed by atoms with Crippen molar-refractivity contribution in [2.24, 2.45) is 0 Å². The summed E-state index contributed by atoms with van der Waals surface area (Å²) < 4.78 is 39.0. The fourth-order valence-electron chi connectivity index (χ4n) is 3.06. The Hall–Kier alpha value is -2.33. The molecule has 3 nitrogen and oxygen atoms in total. The quantitative estimate of drug-likeness (QED) is 0.579. The lowest BCUT2D eigenvalue weighted by Gasteiger charge is -2.25. The van der Waals surface area contributed by atoms with Crippen molar-refractivity contribution in [2.75, 3.05) is 0 Å². The molecule has 0 spiro atoms. The molecule has 0 heterocycles. The molecular weight excluding hydrogens is 367 g/mol. The van der Waals surface area contributed by atoms with Gasteiger partial charge in [0.25, 0.3) is 0 Å². The topological polar surface area (TPSA) is 49.3 Å². The van der Waals surface area contributed by atoms with Gasteiger partial charge >= 0.3 is 0 Å². The van der Waals surface area contributed by atoms with Crippen molar-refractivity contribution in [2.45, 2.75) is 18.2 Å². The molecule has 0 bridgehead atoms. The molecule has 3 aromatic carbocycles. The molecule has 2 unspecified atom stereocenters. The van der Waals surface area contributed by atoms with Crippen molar-refractivity contribution in [3.05, 3.63) is 107 Å². The largest absolute Gasteiger partial charge is 0.345 e. The fourth-order valence-corrected chi connectivity index (χ4v) is 3.78. The first-order valence-corrected chi connectivity index (χ1v) is 10.00. The average molecular weight is 387 g/mol. The minimum Gasteiger partial charge on any atom is -0.345 e. The highest BCUT2D eigenvalue weighted by Crippen LogP contribution is 2.30. The number of halogens is 2. The van der Waals surface area contributed by atoms with Crippen LogP contribution >= 0.6 is 8.03 Å². The van der Waals surface area contributed by atoms with E-state index in [0.717, 1.165) is 17.2 Å². The lowest BCUT2D eigenvalue weighted by molar-refractivity contribution is 0.456. The molecule has 2 atom stereocenters. The van der Waals surface area contributed by atoms with Gasteiger partial charge in [0, 0.05) is 6.07 Å². The summed E-state index contributed by atoms with van der Waals surface area (Å²) in [7, 11) is -3.01. The minimum absolute atomic E-state index is 0.0408. The van der Waals surface area contributed by atoms with Crippen molar-refractivity contribution in [1.29, 1.82) is 0 Å². The van der Waals surface area contributed by atoms with E-state index in [-0.39, 0.29) is 12.5 Å². The van der Waals surface area contributed by atoms with Gasteiger partial charge in [-0.3, -0.25) is 9.88 Å². The molecule has 0 radical (unpaired) electrons. The van der Waals surface area contributed by atoms with Crippen LogP contribution in [0, 0.1) is 11.6 Å². The van der Waals surface area contributed by atoms with E-state index < -0.39 is 25.4 Å². The minimum atomic E-state index is -3.01. The molecule has 0 aliphatic rings. The van der Waals surface area contributed by atoms with Gasteiger partial charge in [0.05, 0.1) is 11.8 Å². The molecule has 0 fully saturated rings. The van der Waals surface area contributed by atoms with E-state index in [2.05, 4.69) is 5.32 Å². The number of rotatable bonds is 7. The first-order valence-electron chi connectivity index (χ1n) is 8.56. The molecule has 0 saturated heterocycles. The summed E-state index contributed by atoms with van der Waals surface area (Å²) in [5, 5.41) is 3.21. The van der Waals surface area contributed by atoms with Crippen LogP contribution in [0.4, 0.5) is 8.78 Å². The molecule has 0 aromatic heterocycles. The second kappa shape index (κ2) is 9.05. The van der Waals surface area contributed by atoms with E-state index in [9.17, 15) is 18.2 Å². The summed E-state index contributed by atoms with van der Waals surface area (Å²) in [4.78, 5) is 9.85. The maximum absolute atomic E-state index is 13.5.